The van der Waals surface area contributed by atoms with Gasteiger partial charge in [-0.25, -0.2) is 4.68 Å². The number of ether oxygens (including phenoxy) is 2. The largest absolute Gasteiger partial charge is 0.493 e. The van der Waals surface area contributed by atoms with Crippen molar-refractivity contribution in [2.24, 2.45) is 0 Å². The summed E-state index contributed by atoms with van der Waals surface area (Å²) in [7, 11) is 0.343. The Morgan fingerprint density at radius 2 is 1.71 bits per heavy atom. The Kier molecular flexibility index (Phi) is 9.51. The highest BCUT2D eigenvalue weighted by atomic mass is 31.2. The van der Waals surface area contributed by atoms with Crippen molar-refractivity contribution in [2.45, 2.75) is 33.2 Å². The third-order valence-electron chi connectivity index (χ3n) is 4.72. The Morgan fingerprint density at radius 3 is 2.38 bits per heavy atom. The van der Waals surface area contributed by atoms with E-state index in [0.717, 1.165) is 11.1 Å². The lowest BCUT2D eigenvalue weighted by Crippen LogP contribution is -2.22. The zero-order valence-corrected chi connectivity index (χ0v) is 20.1. The Morgan fingerprint density at radius 1 is 0.971 bits per heavy atom. The van der Waals surface area contributed by atoms with E-state index in [1.54, 1.807) is 12.1 Å². The number of halogens is 2. The van der Waals surface area contributed by atoms with Gasteiger partial charge in [-0.2, -0.15) is 13.9 Å². The summed E-state index contributed by atoms with van der Waals surface area (Å²) in [6.07, 6.45) is 0.645. The van der Waals surface area contributed by atoms with Crippen molar-refractivity contribution >= 4 is 8.38 Å². The number of aromatic nitrogens is 2. The minimum absolute atomic E-state index is 0.109. The second kappa shape index (κ2) is 12.6. The van der Waals surface area contributed by atoms with Gasteiger partial charge in [0.2, 0.25) is 0 Å². The van der Waals surface area contributed by atoms with Crippen molar-refractivity contribution in [3.8, 4) is 22.8 Å². The quantitative estimate of drug-likeness (QED) is 0.313. The number of methoxy groups -OCH3 is 1. The molecule has 0 aliphatic heterocycles. The molecule has 182 valence electrons. The molecule has 3 rings (SSSR count). The van der Waals surface area contributed by atoms with Gasteiger partial charge in [0.15, 0.2) is 19.9 Å². The van der Waals surface area contributed by atoms with Crippen LogP contribution in [0.3, 0.4) is 0 Å². The summed E-state index contributed by atoms with van der Waals surface area (Å²) in [5.41, 5.74) is 2.60. The molecule has 0 saturated carbocycles. The number of hydrogen-bond donors (Lipinski definition) is 0. The van der Waals surface area contributed by atoms with Gasteiger partial charge < -0.3 is 18.5 Å². The number of nitrogens with zero attached hydrogens (tertiary/aromatic N) is 2. The van der Waals surface area contributed by atoms with E-state index in [-0.39, 0.29) is 23.6 Å². The molecule has 0 N–H and O–H groups in total. The maximum Gasteiger partial charge on any atom is 0.387 e. The molecule has 0 spiro atoms. The second-order valence-corrected chi connectivity index (χ2v) is 8.60. The first-order chi connectivity index (χ1) is 16.4. The molecule has 0 aliphatic carbocycles. The van der Waals surface area contributed by atoms with Gasteiger partial charge in [-0.3, -0.25) is 4.79 Å². The summed E-state index contributed by atoms with van der Waals surface area (Å²) in [6, 6.07) is 15.3. The van der Waals surface area contributed by atoms with Crippen molar-refractivity contribution in [2.75, 3.05) is 20.3 Å². The molecular weight excluding hydrogens is 465 g/mol. The molecule has 0 radical (unpaired) electrons. The van der Waals surface area contributed by atoms with Crippen LogP contribution < -0.4 is 15.0 Å². The van der Waals surface area contributed by atoms with Gasteiger partial charge in [-0.15, -0.1) is 0 Å². The molecule has 34 heavy (non-hydrogen) atoms. The fourth-order valence-electron chi connectivity index (χ4n) is 3.31. The van der Waals surface area contributed by atoms with Gasteiger partial charge in [0.25, 0.3) is 5.56 Å². The molecule has 0 atom stereocenters. The summed E-state index contributed by atoms with van der Waals surface area (Å²) in [6.45, 7) is 2.27. The fourth-order valence-corrected chi connectivity index (χ4v) is 4.63. The zero-order valence-electron chi connectivity index (χ0n) is 19.2. The first-order valence-corrected chi connectivity index (χ1v) is 12.1. The predicted molar refractivity (Wildman–Crippen MR) is 127 cm³/mol. The maximum atomic E-state index is 12.8. The molecule has 3 aromatic rings. The summed E-state index contributed by atoms with van der Waals surface area (Å²) in [5.74, 6) is 0.0654. The molecule has 0 unspecified atom stereocenters. The zero-order chi connectivity index (χ0) is 24.5. The van der Waals surface area contributed by atoms with Crippen molar-refractivity contribution in [1.29, 1.82) is 0 Å². The first kappa shape index (κ1) is 25.7. The van der Waals surface area contributed by atoms with Crippen LogP contribution in [-0.2, 0) is 21.8 Å². The van der Waals surface area contributed by atoms with E-state index in [9.17, 15) is 13.6 Å². The Bertz CT molecular complexity index is 1140. The monoisotopic (exact) mass is 492 g/mol. The molecule has 0 bridgehead atoms. The van der Waals surface area contributed by atoms with E-state index in [1.807, 2.05) is 38.1 Å². The molecule has 0 amide bonds. The topological polar surface area (TPSA) is 71.8 Å². The van der Waals surface area contributed by atoms with Gasteiger partial charge in [0.1, 0.15) is 0 Å². The van der Waals surface area contributed by atoms with Crippen molar-refractivity contribution < 1.29 is 27.3 Å². The Labute approximate surface area is 198 Å². The van der Waals surface area contributed by atoms with Gasteiger partial charge >= 0.3 is 6.61 Å². The van der Waals surface area contributed by atoms with Crippen LogP contribution in [0.5, 0.6) is 11.5 Å². The fraction of sp³-hybridized carbons (Fsp3) is 0.333. The number of benzene rings is 2. The average Bonchev–Trinajstić information content (AvgIpc) is 2.81. The highest BCUT2D eigenvalue weighted by Gasteiger charge is 2.14. The molecular formula is C24H27F2N2O5P. The van der Waals surface area contributed by atoms with Gasteiger partial charge in [-0.1, -0.05) is 24.3 Å². The third-order valence-corrected chi connectivity index (χ3v) is 6.44. The SMILES string of the molecule is CCOP(Cc1cccc(Cn2nc(-c3ccc(OC)c(OC(F)F)c3)ccc2=O)c1)OCC. The van der Waals surface area contributed by atoms with E-state index in [0.29, 0.717) is 30.6 Å². The molecule has 10 heteroatoms. The van der Waals surface area contributed by atoms with Crippen LogP contribution in [0.2, 0.25) is 0 Å². The van der Waals surface area contributed by atoms with Crippen molar-refractivity contribution in [3.05, 3.63) is 76.1 Å². The normalized spacial score (nSPS) is 11.3. The summed E-state index contributed by atoms with van der Waals surface area (Å²) >= 11 is 0. The number of rotatable bonds is 12. The van der Waals surface area contributed by atoms with Crippen molar-refractivity contribution in [1.82, 2.24) is 9.78 Å². The predicted octanol–water partition coefficient (Wildman–Crippen LogP) is 5.45. The van der Waals surface area contributed by atoms with Crippen LogP contribution in [0.15, 0.2) is 59.4 Å². The second-order valence-electron chi connectivity index (χ2n) is 7.10. The molecule has 0 fully saturated rings. The Balaban J connectivity index is 1.85. The highest BCUT2D eigenvalue weighted by molar-refractivity contribution is 7.46. The minimum atomic E-state index is -3.00. The van der Waals surface area contributed by atoms with Gasteiger partial charge in [-0.05, 0) is 49.2 Å². The molecule has 2 aromatic carbocycles. The van der Waals surface area contributed by atoms with Crippen LogP contribution in [0.1, 0.15) is 25.0 Å². The smallest absolute Gasteiger partial charge is 0.387 e. The molecule has 0 aliphatic rings. The van der Waals surface area contributed by atoms with E-state index in [1.165, 1.54) is 30.0 Å². The minimum Gasteiger partial charge on any atom is -0.493 e. The van der Waals surface area contributed by atoms with E-state index in [2.05, 4.69) is 9.84 Å². The molecule has 1 aromatic heterocycles. The van der Waals surface area contributed by atoms with E-state index < -0.39 is 15.0 Å². The van der Waals surface area contributed by atoms with Crippen LogP contribution >= 0.6 is 8.38 Å². The lowest BCUT2D eigenvalue weighted by molar-refractivity contribution is -0.0511. The number of alkyl halides is 2. The summed E-state index contributed by atoms with van der Waals surface area (Å²) < 4.78 is 47.9. The van der Waals surface area contributed by atoms with E-state index in [4.69, 9.17) is 13.8 Å². The molecule has 7 nitrogen and oxygen atoms in total. The van der Waals surface area contributed by atoms with Crippen LogP contribution in [0, 0.1) is 0 Å². The summed E-state index contributed by atoms with van der Waals surface area (Å²) in [4.78, 5) is 12.5. The lowest BCUT2D eigenvalue weighted by Gasteiger charge is -2.16. The highest BCUT2D eigenvalue weighted by Crippen LogP contribution is 2.42. The van der Waals surface area contributed by atoms with E-state index >= 15 is 0 Å². The van der Waals surface area contributed by atoms with Gasteiger partial charge in [0.05, 0.1) is 32.6 Å². The van der Waals surface area contributed by atoms with Crippen LogP contribution in [-0.4, -0.2) is 36.7 Å². The summed E-state index contributed by atoms with van der Waals surface area (Å²) in [5, 5.41) is 4.44. The van der Waals surface area contributed by atoms with Crippen LogP contribution in [0.25, 0.3) is 11.3 Å². The van der Waals surface area contributed by atoms with Crippen LogP contribution in [0.4, 0.5) is 8.78 Å². The molecule has 0 saturated heterocycles. The Hall–Kier alpha value is -2.87. The van der Waals surface area contributed by atoms with Gasteiger partial charge in [0, 0.05) is 17.8 Å². The lowest BCUT2D eigenvalue weighted by atomic mass is 10.1. The number of hydrogen-bond acceptors (Lipinski definition) is 6. The standard InChI is InChI=1S/C24H27F2N2O5P/c1-4-31-34(32-5-2)16-18-8-6-7-17(13-18)15-28-23(29)12-10-20(27-28)19-9-11-21(30-3)22(14-19)33-24(25)26/h6-14,24H,4-5,15-16H2,1-3H3. The maximum absolute atomic E-state index is 12.8. The average molecular weight is 492 g/mol. The third kappa shape index (κ3) is 7.06. The molecule has 1 heterocycles. The van der Waals surface area contributed by atoms with Crippen molar-refractivity contribution in [3.63, 3.8) is 0 Å². The first-order valence-electron chi connectivity index (χ1n) is 10.8.